The molecule has 0 aliphatic rings. The molecule has 1 atom stereocenters. The first-order valence-electron chi connectivity index (χ1n) is 8.20. The summed E-state index contributed by atoms with van der Waals surface area (Å²) in [6.45, 7) is 3.58. The smallest absolute Gasteiger partial charge is 0.228 e. The number of thiophene rings is 2. The van der Waals surface area contributed by atoms with Crippen LogP contribution in [0.15, 0.2) is 35.0 Å². The number of carbonyl (C=O) groups excluding carboxylic acids is 2. The lowest BCUT2D eigenvalue weighted by Crippen LogP contribution is -2.29. The third-order valence-corrected chi connectivity index (χ3v) is 6.66. The molecule has 0 radical (unpaired) electrons. The Kier molecular flexibility index (Phi) is 6.18. The Morgan fingerprint density at radius 3 is 2.73 bits per heavy atom. The van der Waals surface area contributed by atoms with Crippen LogP contribution in [0, 0.1) is 0 Å². The van der Waals surface area contributed by atoms with E-state index in [-0.39, 0.29) is 24.3 Å². The minimum absolute atomic E-state index is 0.155. The molecule has 0 aromatic carbocycles. The van der Waals surface area contributed by atoms with E-state index < -0.39 is 0 Å². The minimum Gasteiger partial charge on any atom is -0.348 e. The maximum Gasteiger partial charge on any atom is 0.228 e. The molecule has 0 aliphatic heterocycles. The Bertz CT molecular complexity index is 883. The van der Waals surface area contributed by atoms with E-state index in [1.54, 1.807) is 11.3 Å². The molecule has 8 heteroatoms. The van der Waals surface area contributed by atoms with Gasteiger partial charge in [-0.25, -0.2) is 4.98 Å². The molecule has 3 aromatic rings. The highest BCUT2D eigenvalue weighted by atomic mass is 32.1. The van der Waals surface area contributed by atoms with E-state index in [4.69, 9.17) is 0 Å². The van der Waals surface area contributed by atoms with Crippen LogP contribution >= 0.6 is 34.0 Å². The Hall–Kier alpha value is -2.03. The fourth-order valence-corrected chi connectivity index (χ4v) is 4.95. The zero-order valence-electron chi connectivity index (χ0n) is 14.4. The van der Waals surface area contributed by atoms with Crippen LogP contribution in [0.25, 0.3) is 10.6 Å². The normalized spacial score (nSPS) is 11.9. The summed E-state index contributed by atoms with van der Waals surface area (Å²) < 4.78 is 0. The molecule has 0 aliphatic carbocycles. The van der Waals surface area contributed by atoms with Crippen molar-refractivity contribution >= 4 is 51.0 Å². The van der Waals surface area contributed by atoms with E-state index in [1.807, 2.05) is 22.9 Å². The number of aromatic nitrogens is 1. The maximum absolute atomic E-state index is 12.4. The topological polar surface area (TPSA) is 71.1 Å². The van der Waals surface area contributed by atoms with E-state index >= 15 is 0 Å². The Morgan fingerprint density at radius 1 is 1.23 bits per heavy atom. The summed E-state index contributed by atoms with van der Waals surface area (Å²) in [6.07, 6.45) is 1.18. The molecule has 0 saturated carbocycles. The van der Waals surface area contributed by atoms with Gasteiger partial charge in [-0.2, -0.15) is 0 Å². The van der Waals surface area contributed by atoms with E-state index in [9.17, 15) is 9.59 Å². The number of anilines is 1. The summed E-state index contributed by atoms with van der Waals surface area (Å²) in [6, 6.07) is 7.68. The minimum atomic E-state index is -0.323. The average Bonchev–Trinajstić information content (AvgIpc) is 3.34. The molecular weight excluding hydrogens is 386 g/mol. The molecule has 0 fully saturated rings. The number of rotatable bonds is 7. The lowest BCUT2D eigenvalue weighted by Gasteiger charge is -2.15. The van der Waals surface area contributed by atoms with Gasteiger partial charge in [0.2, 0.25) is 11.8 Å². The van der Waals surface area contributed by atoms with Gasteiger partial charge < -0.3 is 10.6 Å². The largest absolute Gasteiger partial charge is 0.348 e. The zero-order chi connectivity index (χ0) is 18.5. The standard InChI is InChI=1S/C18H19N3O2S3/c1-3-12-6-7-16(26-12)14-10-25-18(20-14)21-17(23)9-13(19-11(2)22)15-5-4-8-24-15/h4-8,10,13H,3,9H2,1-2H3,(H,19,22)(H,20,21,23). The molecule has 0 bridgehead atoms. The second kappa shape index (κ2) is 8.57. The molecule has 0 saturated heterocycles. The predicted octanol–water partition coefficient (Wildman–Crippen LogP) is 4.70. The fraction of sp³-hybridized carbons (Fsp3) is 0.278. The molecule has 5 nitrogen and oxygen atoms in total. The van der Waals surface area contributed by atoms with Crippen molar-refractivity contribution < 1.29 is 9.59 Å². The van der Waals surface area contributed by atoms with Gasteiger partial charge in [0.1, 0.15) is 0 Å². The molecule has 3 rings (SSSR count). The first kappa shape index (κ1) is 18.8. The van der Waals surface area contributed by atoms with Crippen molar-refractivity contribution in [1.82, 2.24) is 10.3 Å². The molecule has 26 heavy (non-hydrogen) atoms. The van der Waals surface area contributed by atoms with E-state index in [0.717, 1.165) is 21.9 Å². The van der Waals surface area contributed by atoms with Crippen molar-refractivity contribution in [2.45, 2.75) is 32.7 Å². The van der Waals surface area contributed by atoms with Crippen LogP contribution in [0.3, 0.4) is 0 Å². The van der Waals surface area contributed by atoms with Crippen molar-refractivity contribution in [1.29, 1.82) is 0 Å². The molecule has 3 aromatic heterocycles. The molecule has 3 heterocycles. The van der Waals surface area contributed by atoms with E-state index in [1.165, 1.54) is 34.5 Å². The highest BCUT2D eigenvalue weighted by molar-refractivity contribution is 7.17. The van der Waals surface area contributed by atoms with Crippen LogP contribution in [-0.2, 0) is 16.0 Å². The third-order valence-electron chi connectivity index (χ3n) is 3.67. The van der Waals surface area contributed by atoms with Crippen LogP contribution < -0.4 is 10.6 Å². The number of nitrogens with one attached hydrogen (secondary N) is 2. The van der Waals surface area contributed by atoms with Gasteiger partial charge >= 0.3 is 0 Å². The van der Waals surface area contributed by atoms with E-state index in [2.05, 4.69) is 34.7 Å². The second-order valence-corrected chi connectivity index (χ2v) is 8.68. The van der Waals surface area contributed by atoms with Gasteiger partial charge in [0.25, 0.3) is 0 Å². The van der Waals surface area contributed by atoms with Crippen molar-refractivity contribution in [3.8, 4) is 10.6 Å². The predicted molar refractivity (Wildman–Crippen MR) is 109 cm³/mol. The number of hydrogen-bond donors (Lipinski definition) is 2. The van der Waals surface area contributed by atoms with Crippen molar-refractivity contribution in [2.75, 3.05) is 5.32 Å². The molecule has 136 valence electrons. The average molecular weight is 406 g/mol. The van der Waals surface area contributed by atoms with Gasteiger partial charge in [0, 0.05) is 22.1 Å². The quantitative estimate of drug-likeness (QED) is 0.598. The van der Waals surface area contributed by atoms with Crippen molar-refractivity contribution in [2.24, 2.45) is 0 Å². The molecule has 1 unspecified atom stereocenters. The highest BCUT2D eigenvalue weighted by Gasteiger charge is 2.19. The Morgan fingerprint density at radius 2 is 2.08 bits per heavy atom. The number of aryl methyl sites for hydroxylation is 1. The summed E-state index contributed by atoms with van der Waals surface area (Å²) in [4.78, 5) is 31.7. The summed E-state index contributed by atoms with van der Waals surface area (Å²) in [5, 5.41) is 10.1. The molecule has 0 spiro atoms. The van der Waals surface area contributed by atoms with Gasteiger partial charge in [-0.3, -0.25) is 9.59 Å². The van der Waals surface area contributed by atoms with Gasteiger partial charge in [0.05, 0.1) is 23.0 Å². The van der Waals surface area contributed by atoms with Gasteiger partial charge in [-0.05, 0) is 30.0 Å². The summed E-state index contributed by atoms with van der Waals surface area (Å²) in [5.41, 5.74) is 0.881. The first-order chi connectivity index (χ1) is 12.5. The van der Waals surface area contributed by atoms with Crippen molar-refractivity contribution in [3.05, 3.63) is 44.8 Å². The van der Waals surface area contributed by atoms with Crippen LogP contribution in [0.5, 0.6) is 0 Å². The number of hydrogen-bond acceptors (Lipinski definition) is 6. The van der Waals surface area contributed by atoms with Crippen LogP contribution in [0.2, 0.25) is 0 Å². The summed E-state index contributed by atoms with van der Waals surface area (Å²) in [5.74, 6) is -0.323. The zero-order valence-corrected chi connectivity index (χ0v) is 16.9. The number of carbonyl (C=O) groups is 2. The van der Waals surface area contributed by atoms with Crippen LogP contribution in [-0.4, -0.2) is 16.8 Å². The molecule has 2 amide bonds. The van der Waals surface area contributed by atoms with Crippen LogP contribution in [0.1, 0.15) is 36.1 Å². The lowest BCUT2D eigenvalue weighted by atomic mass is 10.1. The number of nitrogens with zero attached hydrogens (tertiary/aromatic N) is 1. The highest BCUT2D eigenvalue weighted by Crippen LogP contribution is 2.31. The fourth-order valence-electron chi connectivity index (χ4n) is 2.46. The first-order valence-corrected chi connectivity index (χ1v) is 10.8. The summed E-state index contributed by atoms with van der Waals surface area (Å²) >= 11 is 4.65. The number of thiazole rings is 1. The monoisotopic (exact) mass is 405 g/mol. The van der Waals surface area contributed by atoms with Gasteiger partial charge in [-0.15, -0.1) is 34.0 Å². The lowest BCUT2D eigenvalue weighted by molar-refractivity contribution is -0.120. The van der Waals surface area contributed by atoms with Crippen molar-refractivity contribution in [3.63, 3.8) is 0 Å². The third kappa shape index (κ3) is 4.78. The molecule has 2 N–H and O–H groups in total. The Labute approximate surface area is 164 Å². The summed E-state index contributed by atoms with van der Waals surface area (Å²) in [7, 11) is 0. The van der Waals surface area contributed by atoms with Crippen LogP contribution in [0.4, 0.5) is 5.13 Å². The maximum atomic E-state index is 12.4. The van der Waals surface area contributed by atoms with Gasteiger partial charge in [0.15, 0.2) is 5.13 Å². The SMILES string of the molecule is CCc1ccc(-c2csc(NC(=O)CC(NC(C)=O)c3cccs3)n2)s1. The van der Waals surface area contributed by atoms with E-state index in [0.29, 0.717) is 5.13 Å². The second-order valence-electron chi connectivity index (χ2n) is 5.68. The molecular formula is C18H19N3O2S3. The Balaban J connectivity index is 1.64. The van der Waals surface area contributed by atoms with Gasteiger partial charge in [-0.1, -0.05) is 13.0 Å². The number of amides is 2.